The average molecular weight is 359 g/mol. The summed E-state index contributed by atoms with van der Waals surface area (Å²) in [7, 11) is 0. The quantitative estimate of drug-likeness (QED) is 0.431. The van der Waals surface area contributed by atoms with Crippen molar-refractivity contribution in [2.45, 2.75) is 0 Å². The Labute approximate surface area is 148 Å². The van der Waals surface area contributed by atoms with Gasteiger partial charge >= 0.3 is 11.9 Å². The molecule has 0 atom stereocenters. The van der Waals surface area contributed by atoms with Crippen molar-refractivity contribution in [1.82, 2.24) is 9.97 Å². The molecule has 0 spiro atoms. The zero-order chi connectivity index (χ0) is 17.1. The van der Waals surface area contributed by atoms with Gasteiger partial charge in [-0.05, 0) is 12.1 Å². The Morgan fingerprint density at radius 1 is 0.680 bits per heavy atom. The number of para-hydroxylation sites is 2. The summed E-state index contributed by atoms with van der Waals surface area (Å²) in [6, 6.07) is 14.6. The molecule has 6 nitrogen and oxygen atoms in total. The maximum Gasteiger partial charge on any atom is 0.337 e. The summed E-state index contributed by atoms with van der Waals surface area (Å²) < 4.78 is 0. The van der Waals surface area contributed by atoms with Crippen LogP contribution in [-0.4, -0.2) is 32.1 Å². The Morgan fingerprint density at radius 2 is 1.04 bits per heavy atom. The second-order valence-electron chi connectivity index (χ2n) is 5.11. The van der Waals surface area contributed by atoms with Gasteiger partial charge in [-0.25, -0.2) is 9.59 Å². The van der Waals surface area contributed by atoms with Crippen LogP contribution in [0.15, 0.2) is 60.9 Å². The molecule has 0 aliphatic rings. The number of aromatic carboxylic acids is 2. The van der Waals surface area contributed by atoms with Crippen LogP contribution >= 0.6 is 12.4 Å². The first kappa shape index (κ1) is 18.1. The molecule has 4 N–H and O–H groups in total. The molecule has 0 amide bonds. The largest absolute Gasteiger partial charge is 0.478 e. The summed E-state index contributed by atoms with van der Waals surface area (Å²) in [4.78, 5) is 27.1. The van der Waals surface area contributed by atoms with Crippen molar-refractivity contribution < 1.29 is 19.8 Å². The van der Waals surface area contributed by atoms with E-state index in [0.717, 1.165) is 21.8 Å². The monoisotopic (exact) mass is 358 g/mol. The summed E-state index contributed by atoms with van der Waals surface area (Å²) in [5, 5.41) is 19.0. The van der Waals surface area contributed by atoms with Gasteiger partial charge in [0.25, 0.3) is 0 Å². The highest BCUT2D eigenvalue weighted by atomic mass is 35.5. The highest BCUT2D eigenvalue weighted by molar-refractivity contribution is 6.03. The highest BCUT2D eigenvalue weighted by Crippen LogP contribution is 2.17. The first-order chi connectivity index (χ1) is 11.6. The first-order valence-corrected chi connectivity index (χ1v) is 7.16. The van der Waals surface area contributed by atoms with Gasteiger partial charge in [0.2, 0.25) is 0 Å². The third kappa shape index (κ3) is 3.64. The van der Waals surface area contributed by atoms with Crippen LogP contribution in [0, 0.1) is 0 Å². The van der Waals surface area contributed by atoms with E-state index in [4.69, 9.17) is 10.2 Å². The van der Waals surface area contributed by atoms with Crippen LogP contribution in [0.2, 0.25) is 0 Å². The normalized spacial score (nSPS) is 9.92. The molecular weight excluding hydrogens is 344 g/mol. The van der Waals surface area contributed by atoms with Crippen molar-refractivity contribution in [3.05, 3.63) is 72.1 Å². The fourth-order valence-corrected chi connectivity index (χ4v) is 2.50. The van der Waals surface area contributed by atoms with Gasteiger partial charge in [-0.2, -0.15) is 0 Å². The number of hydrogen-bond donors (Lipinski definition) is 4. The summed E-state index contributed by atoms with van der Waals surface area (Å²) >= 11 is 0. The van der Waals surface area contributed by atoms with Crippen molar-refractivity contribution in [1.29, 1.82) is 0 Å². The van der Waals surface area contributed by atoms with Gasteiger partial charge in [-0.3, -0.25) is 0 Å². The number of halogens is 1. The second kappa shape index (κ2) is 7.55. The van der Waals surface area contributed by atoms with E-state index in [1.807, 2.05) is 36.4 Å². The fraction of sp³-hybridized carbons (Fsp3) is 0. The standard InChI is InChI=1S/2C9H7NO2.ClH/c2*11-9(12)7-5-10-8-4-2-1-3-6(7)8;/h2*1-5,10H,(H,11,12);1H. The summed E-state index contributed by atoms with van der Waals surface area (Å²) in [6.07, 6.45) is 3.01. The molecule has 4 aromatic rings. The topological polar surface area (TPSA) is 106 Å². The van der Waals surface area contributed by atoms with E-state index >= 15 is 0 Å². The zero-order valence-electron chi connectivity index (χ0n) is 12.9. The van der Waals surface area contributed by atoms with Crippen molar-refractivity contribution in [3.63, 3.8) is 0 Å². The number of carboxylic acid groups (broad SMARTS) is 2. The van der Waals surface area contributed by atoms with Gasteiger partial charge in [0.05, 0.1) is 11.1 Å². The summed E-state index contributed by atoms with van der Waals surface area (Å²) in [5.41, 5.74) is 2.36. The third-order valence-corrected chi connectivity index (χ3v) is 3.64. The molecule has 0 unspecified atom stereocenters. The Kier molecular flexibility index (Phi) is 5.46. The first-order valence-electron chi connectivity index (χ1n) is 7.16. The molecule has 2 aromatic carbocycles. The summed E-state index contributed by atoms with van der Waals surface area (Å²) in [5.74, 6) is -1.79. The molecule has 2 aromatic heterocycles. The number of carbonyl (C=O) groups is 2. The Morgan fingerprint density at radius 3 is 1.40 bits per heavy atom. The van der Waals surface area contributed by atoms with Gasteiger partial charge in [0, 0.05) is 34.2 Å². The zero-order valence-corrected chi connectivity index (χ0v) is 13.7. The average Bonchev–Trinajstić information content (AvgIpc) is 3.19. The van der Waals surface area contributed by atoms with E-state index in [-0.39, 0.29) is 12.4 Å². The van der Waals surface area contributed by atoms with E-state index in [2.05, 4.69) is 9.97 Å². The van der Waals surface area contributed by atoms with Crippen LogP contribution in [0.3, 0.4) is 0 Å². The molecule has 4 rings (SSSR count). The third-order valence-electron chi connectivity index (χ3n) is 3.64. The molecule has 0 aliphatic carbocycles. The Bertz CT molecular complexity index is 952. The SMILES string of the molecule is Cl.O=C(O)c1c[nH]c2ccccc12.O=C(O)c1c[nH]c2ccccc12. The predicted octanol–water partition coefficient (Wildman–Crippen LogP) is 4.15. The molecule has 0 fully saturated rings. The van der Waals surface area contributed by atoms with Crippen LogP contribution in [0.25, 0.3) is 21.8 Å². The van der Waals surface area contributed by atoms with E-state index in [1.165, 1.54) is 12.4 Å². The van der Waals surface area contributed by atoms with Crippen molar-refractivity contribution in [2.75, 3.05) is 0 Å². The van der Waals surface area contributed by atoms with Gasteiger partial charge in [0.15, 0.2) is 0 Å². The van der Waals surface area contributed by atoms with Crippen LogP contribution in [0.5, 0.6) is 0 Å². The minimum Gasteiger partial charge on any atom is -0.478 e. The van der Waals surface area contributed by atoms with E-state index in [0.29, 0.717) is 11.1 Å². The molecule has 0 saturated carbocycles. The van der Waals surface area contributed by atoms with Gasteiger partial charge in [-0.1, -0.05) is 36.4 Å². The summed E-state index contributed by atoms with van der Waals surface area (Å²) in [6.45, 7) is 0. The molecule has 0 radical (unpaired) electrons. The maximum absolute atomic E-state index is 10.7. The lowest BCUT2D eigenvalue weighted by Crippen LogP contribution is -1.92. The molecule has 0 saturated heterocycles. The van der Waals surface area contributed by atoms with E-state index in [9.17, 15) is 9.59 Å². The lowest BCUT2D eigenvalue weighted by atomic mass is 10.2. The number of carboxylic acids is 2. The molecule has 0 bridgehead atoms. The molecule has 7 heteroatoms. The van der Waals surface area contributed by atoms with Crippen LogP contribution in [-0.2, 0) is 0 Å². The van der Waals surface area contributed by atoms with Gasteiger partial charge in [-0.15, -0.1) is 12.4 Å². The molecule has 0 aliphatic heterocycles. The van der Waals surface area contributed by atoms with Gasteiger partial charge < -0.3 is 20.2 Å². The number of H-pyrrole nitrogens is 2. The number of nitrogens with one attached hydrogen (secondary N) is 2. The lowest BCUT2D eigenvalue weighted by Gasteiger charge is -1.89. The minimum atomic E-state index is -0.896. The second-order valence-corrected chi connectivity index (χ2v) is 5.11. The van der Waals surface area contributed by atoms with Crippen LogP contribution in [0.4, 0.5) is 0 Å². The smallest absolute Gasteiger partial charge is 0.337 e. The van der Waals surface area contributed by atoms with Gasteiger partial charge in [0.1, 0.15) is 0 Å². The van der Waals surface area contributed by atoms with E-state index in [1.54, 1.807) is 12.1 Å². The predicted molar refractivity (Wildman–Crippen MR) is 97.8 cm³/mol. The maximum atomic E-state index is 10.7. The number of benzene rings is 2. The number of fused-ring (bicyclic) bond motifs is 2. The highest BCUT2D eigenvalue weighted by Gasteiger charge is 2.09. The van der Waals surface area contributed by atoms with E-state index < -0.39 is 11.9 Å². The number of aromatic nitrogens is 2. The lowest BCUT2D eigenvalue weighted by molar-refractivity contribution is 0.0688. The minimum absolute atomic E-state index is 0. The molecule has 25 heavy (non-hydrogen) atoms. The van der Waals surface area contributed by atoms with Crippen LogP contribution < -0.4 is 0 Å². The molecule has 2 heterocycles. The molecule has 128 valence electrons. The van der Waals surface area contributed by atoms with Crippen LogP contribution in [0.1, 0.15) is 20.7 Å². The number of rotatable bonds is 2. The Balaban J connectivity index is 0.000000173. The fourth-order valence-electron chi connectivity index (χ4n) is 2.50. The Hall–Kier alpha value is -3.25. The number of hydrogen-bond acceptors (Lipinski definition) is 2. The molecular formula is C18H15ClN2O4. The van der Waals surface area contributed by atoms with Crippen molar-refractivity contribution in [2.24, 2.45) is 0 Å². The van der Waals surface area contributed by atoms with Crippen molar-refractivity contribution in [3.8, 4) is 0 Å². The number of aromatic amines is 2. The van der Waals surface area contributed by atoms with Crippen molar-refractivity contribution >= 4 is 46.2 Å².